The Hall–Kier alpha value is -4.92. The van der Waals surface area contributed by atoms with Gasteiger partial charge in [0, 0.05) is 61.8 Å². The molecule has 3 N–H and O–H groups in total. The largest absolute Gasteiger partial charge is 0.497 e. The lowest BCUT2D eigenvalue weighted by atomic mass is 9.98. The Balaban J connectivity index is 1.29. The lowest BCUT2D eigenvalue weighted by Crippen LogP contribution is -2.43. The quantitative estimate of drug-likeness (QED) is 0.230. The minimum Gasteiger partial charge on any atom is -0.497 e. The standard InChI is InChI=1S/C36H37N5O3/c1-40-16-18-41(19-17-40)24-26-9-6-12-29(20-26)38-34(27-10-4-3-5-11-27)33-31-22-28(14-15-32(31)39-36(33)43)35(42)37-23-25-8-7-13-30(21-25)44-2/h3-15,20-22,38H,16-19,23-24H2,1-2H3,(H,37,42)(H,39,43). The van der Waals surface area contributed by atoms with Crippen molar-refractivity contribution in [1.29, 1.82) is 0 Å². The number of fused-ring (bicyclic) bond motifs is 1. The molecule has 2 heterocycles. The molecule has 8 heteroatoms. The van der Waals surface area contributed by atoms with E-state index in [4.69, 9.17) is 4.74 Å². The number of hydrogen-bond acceptors (Lipinski definition) is 6. The minimum absolute atomic E-state index is 0.214. The molecule has 2 aliphatic heterocycles. The van der Waals surface area contributed by atoms with Crippen LogP contribution in [0.2, 0.25) is 0 Å². The first-order valence-electron chi connectivity index (χ1n) is 14.9. The van der Waals surface area contributed by atoms with Gasteiger partial charge in [-0.25, -0.2) is 0 Å². The third kappa shape index (κ3) is 6.67. The van der Waals surface area contributed by atoms with Crippen LogP contribution in [-0.4, -0.2) is 62.0 Å². The number of methoxy groups -OCH3 is 1. The van der Waals surface area contributed by atoms with Gasteiger partial charge in [-0.15, -0.1) is 0 Å². The molecule has 1 fully saturated rings. The summed E-state index contributed by atoms with van der Waals surface area (Å²) in [4.78, 5) is 31.6. The van der Waals surface area contributed by atoms with Crippen LogP contribution in [0.25, 0.3) is 11.3 Å². The fourth-order valence-corrected chi connectivity index (χ4v) is 5.66. The summed E-state index contributed by atoms with van der Waals surface area (Å²) in [6, 6.07) is 31.1. The Bertz CT molecular complexity index is 1690. The molecule has 2 aliphatic rings. The zero-order valence-electron chi connectivity index (χ0n) is 25.1. The molecule has 4 aromatic rings. The predicted octanol–water partition coefficient (Wildman–Crippen LogP) is 5.31. The zero-order chi connectivity index (χ0) is 30.5. The van der Waals surface area contributed by atoms with Gasteiger partial charge in [-0.05, 0) is 66.2 Å². The molecule has 0 spiro atoms. The number of ether oxygens (including phenoxy) is 1. The van der Waals surface area contributed by atoms with Gasteiger partial charge in [-0.2, -0.15) is 0 Å². The molecule has 224 valence electrons. The maximum absolute atomic E-state index is 13.5. The molecule has 2 amide bonds. The first kappa shape index (κ1) is 29.2. The highest BCUT2D eigenvalue weighted by atomic mass is 16.5. The summed E-state index contributed by atoms with van der Waals surface area (Å²) in [7, 11) is 3.78. The van der Waals surface area contributed by atoms with Crippen molar-refractivity contribution in [2.45, 2.75) is 13.1 Å². The van der Waals surface area contributed by atoms with Gasteiger partial charge in [-0.3, -0.25) is 14.5 Å². The number of nitrogens with zero attached hydrogens (tertiary/aromatic N) is 2. The lowest BCUT2D eigenvalue weighted by Gasteiger charge is -2.32. The second kappa shape index (κ2) is 13.2. The molecule has 0 aliphatic carbocycles. The zero-order valence-corrected chi connectivity index (χ0v) is 25.1. The van der Waals surface area contributed by atoms with Crippen molar-refractivity contribution in [3.63, 3.8) is 0 Å². The highest BCUT2D eigenvalue weighted by Gasteiger charge is 2.29. The lowest BCUT2D eigenvalue weighted by molar-refractivity contribution is -0.110. The first-order chi connectivity index (χ1) is 21.5. The first-order valence-corrected chi connectivity index (χ1v) is 14.9. The highest BCUT2D eigenvalue weighted by Crippen LogP contribution is 2.38. The second-order valence-corrected chi connectivity index (χ2v) is 11.3. The topological polar surface area (TPSA) is 85.9 Å². The third-order valence-electron chi connectivity index (χ3n) is 8.12. The van der Waals surface area contributed by atoms with Crippen LogP contribution in [0.15, 0.2) is 97.1 Å². The van der Waals surface area contributed by atoms with Crippen molar-refractivity contribution >= 4 is 34.5 Å². The summed E-state index contributed by atoms with van der Waals surface area (Å²) >= 11 is 0. The molecular weight excluding hydrogens is 550 g/mol. The van der Waals surface area contributed by atoms with Gasteiger partial charge in [0.2, 0.25) is 0 Å². The molecule has 8 nitrogen and oxygen atoms in total. The van der Waals surface area contributed by atoms with E-state index in [2.05, 4.69) is 51.0 Å². The number of nitrogens with one attached hydrogen (secondary N) is 3. The van der Waals surface area contributed by atoms with E-state index < -0.39 is 0 Å². The van der Waals surface area contributed by atoms with E-state index in [1.54, 1.807) is 25.3 Å². The van der Waals surface area contributed by atoms with Crippen molar-refractivity contribution in [3.8, 4) is 5.75 Å². The van der Waals surface area contributed by atoms with Crippen LogP contribution in [0.1, 0.15) is 32.6 Å². The average Bonchev–Trinajstić information content (AvgIpc) is 3.38. The summed E-state index contributed by atoms with van der Waals surface area (Å²) in [5.74, 6) is 0.300. The van der Waals surface area contributed by atoms with Gasteiger partial charge < -0.3 is 25.6 Å². The van der Waals surface area contributed by atoms with E-state index in [-0.39, 0.29) is 11.8 Å². The molecule has 0 radical (unpaired) electrons. The molecule has 6 rings (SSSR count). The van der Waals surface area contributed by atoms with Crippen LogP contribution < -0.4 is 20.7 Å². The predicted molar refractivity (Wildman–Crippen MR) is 175 cm³/mol. The van der Waals surface area contributed by atoms with Gasteiger partial charge in [0.25, 0.3) is 11.8 Å². The number of rotatable bonds is 9. The van der Waals surface area contributed by atoms with Gasteiger partial charge >= 0.3 is 0 Å². The molecule has 0 saturated carbocycles. The van der Waals surface area contributed by atoms with Crippen LogP contribution in [0, 0.1) is 0 Å². The van der Waals surface area contributed by atoms with Crippen molar-refractivity contribution in [2.24, 2.45) is 0 Å². The van der Waals surface area contributed by atoms with Crippen LogP contribution in [0.3, 0.4) is 0 Å². The van der Waals surface area contributed by atoms with E-state index >= 15 is 0 Å². The van der Waals surface area contributed by atoms with Gasteiger partial charge in [0.05, 0.1) is 18.4 Å². The Kier molecular flexibility index (Phi) is 8.72. The summed E-state index contributed by atoms with van der Waals surface area (Å²) in [5, 5.41) is 9.56. The molecule has 0 aromatic heterocycles. The Morgan fingerprint density at radius 3 is 2.41 bits per heavy atom. The molecule has 0 atom stereocenters. The van der Waals surface area contributed by atoms with Crippen LogP contribution >= 0.6 is 0 Å². The normalized spacial score (nSPS) is 16.2. The number of carbonyl (C=O) groups excluding carboxylic acids is 2. The number of hydrogen-bond donors (Lipinski definition) is 3. The van der Waals surface area contributed by atoms with Crippen LogP contribution in [-0.2, 0) is 17.9 Å². The molecule has 0 unspecified atom stereocenters. The fourth-order valence-electron chi connectivity index (χ4n) is 5.66. The highest BCUT2D eigenvalue weighted by molar-refractivity contribution is 6.37. The van der Waals surface area contributed by atoms with Crippen molar-refractivity contribution in [2.75, 3.05) is 51.0 Å². The summed E-state index contributed by atoms with van der Waals surface area (Å²) in [5.41, 5.74) is 6.94. The van der Waals surface area contributed by atoms with E-state index in [0.29, 0.717) is 34.6 Å². The number of piperazine rings is 1. The third-order valence-corrected chi connectivity index (χ3v) is 8.12. The number of anilines is 2. The van der Waals surface area contributed by atoms with Crippen LogP contribution in [0.4, 0.5) is 11.4 Å². The number of likely N-dealkylation sites (N-methyl/N-ethyl adjacent to an activating group) is 1. The van der Waals surface area contributed by atoms with Gasteiger partial charge in [0.15, 0.2) is 0 Å². The smallest absolute Gasteiger partial charge is 0.258 e. The summed E-state index contributed by atoms with van der Waals surface area (Å²) < 4.78 is 5.30. The maximum Gasteiger partial charge on any atom is 0.258 e. The molecule has 0 bridgehead atoms. The molecule has 4 aromatic carbocycles. The van der Waals surface area contributed by atoms with Gasteiger partial charge in [-0.1, -0.05) is 54.6 Å². The van der Waals surface area contributed by atoms with E-state index in [0.717, 1.165) is 55.3 Å². The number of amides is 2. The van der Waals surface area contributed by atoms with Crippen molar-refractivity contribution in [1.82, 2.24) is 15.1 Å². The monoisotopic (exact) mass is 587 g/mol. The summed E-state index contributed by atoms with van der Waals surface area (Å²) in [6.07, 6.45) is 0. The van der Waals surface area contributed by atoms with E-state index in [1.165, 1.54) is 5.56 Å². The second-order valence-electron chi connectivity index (χ2n) is 11.3. The minimum atomic E-state index is -0.222. The van der Waals surface area contributed by atoms with Crippen molar-refractivity contribution in [3.05, 3.63) is 125 Å². The van der Waals surface area contributed by atoms with Crippen molar-refractivity contribution < 1.29 is 14.3 Å². The van der Waals surface area contributed by atoms with Crippen LogP contribution in [0.5, 0.6) is 5.75 Å². The SMILES string of the molecule is COc1cccc(CNC(=O)c2ccc3c(c2)C(=C(Nc2cccc(CN4CCN(C)CC4)c2)c2ccccc2)C(=O)N3)c1. The summed E-state index contributed by atoms with van der Waals surface area (Å²) in [6.45, 7) is 5.45. The Morgan fingerprint density at radius 2 is 1.61 bits per heavy atom. The fraction of sp³-hybridized carbons (Fsp3) is 0.222. The number of carbonyl (C=O) groups is 2. The Labute approximate surface area is 258 Å². The number of benzene rings is 4. The van der Waals surface area contributed by atoms with E-state index in [9.17, 15) is 9.59 Å². The Morgan fingerprint density at radius 1 is 0.841 bits per heavy atom. The average molecular weight is 588 g/mol. The molecule has 44 heavy (non-hydrogen) atoms. The van der Waals surface area contributed by atoms with E-state index in [1.807, 2.05) is 60.7 Å². The molecule has 1 saturated heterocycles. The van der Waals surface area contributed by atoms with Gasteiger partial charge in [0.1, 0.15) is 5.75 Å². The molecular formula is C36H37N5O3. The maximum atomic E-state index is 13.5.